The van der Waals surface area contributed by atoms with Crippen molar-refractivity contribution in [2.45, 2.75) is 63.8 Å². The molecule has 3 rings (SSSR count). The third kappa shape index (κ3) is 5.55. The molecule has 168 valence electrons. The Morgan fingerprint density at radius 1 is 1.00 bits per heavy atom. The number of amides is 1. The second-order valence-electron chi connectivity index (χ2n) is 8.78. The van der Waals surface area contributed by atoms with E-state index in [9.17, 15) is 13.2 Å². The minimum atomic E-state index is -3.53. The van der Waals surface area contributed by atoms with Gasteiger partial charge in [-0.15, -0.1) is 0 Å². The van der Waals surface area contributed by atoms with E-state index in [4.69, 9.17) is 0 Å². The maximum atomic E-state index is 13.0. The van der Waals surface area contributed by atoms with Gasteiger partial charge in [-0.1, -0.05) is 62.7 Å². The molecule has 2 aromatic rings. The van der Waals surface area contributed by atoms with Crippen LogP contribution in [0.3, 0.4) is 0 Å². The fourth-order valence-corrected chi connectivity index (χ4v) is 5.51. The summed E-state index contributed by atoms with van der Waals surface area (Å²) < 4.78 is 27.5. The van der Waals surface area contributed by atoms with Crippen molar-refractivity contribution in [3.63, 3.8) is 0 Å². The monoisotopic (exact) mass is 442 g/mol. The molecular formula is C25H34N2O3S. The molecule has 1 fully saturated rings. The van der Waals surface area contributed by atoms with Crippen molar-refractivity contribution in [3.05, 3.63) is 65.2 Å². The third-order valence-corrected chi connectivity index (χ3v) is 8.13. The first-order valence-electron chi connectivity index (χ1n) is 11.2. The summed E-state index contributed by atoms with van der Waals surface area (Å²) in [5.74, 6) is 0.220. The Morgan fingerprint density at radius 2 is 1.55 bits per heavy atom. The number of carbonyl (C=O) groups excluding carboxylic acids is 1. The van der Waals surface area contributed by atoms with E-state index < -0.39 is 10.0 Å². The van der Waals surface area contributed by atoms with Crippen LogP contribution in [0.2, 0.25) is 0 Å². The Morgan fingerprint density at radius 3 is 2.06 bits per heavy atom. The predicted octanol–water partition coefficient (Wildman–Crippen LogP) is 4.79. The predicted molar refractivity (Wildman–Crippen MR) is 124 cm³/mol. The largest absolute Gasteiger partial charge is 0.349 e. The molecule has 0 aliphatic carbocycles. The molecule has 1 atom stereocenters. The Labute approximate surface area is 186 Å². The quantitative estimate of drug-likeness (QED) is 0.671. The van der Waals surface area contributed by atoms with Gasteiger partial charge in [0.15, 0.2) is 0 Å². The lowest BCUT2D eigenvalue weighted by Gasteiger charge is -2.31. The minimum absolute atomic E-state index is 0.0191. The Bertz CT molecular complexity index is 974. The van der Waals surface area contributed by atoms with Gasteiger partial charge in [-0.25, -0.2) is 8.42 Å². The Hall–Kier alpha value is -2.18. The van der Waals surface area contributed by atoms with Gasteiger partial charge >= 0.3 is 0 Å². The maximum absolute atomic E-state index is 13.0. The van der Waals surface area contributed by atoms with Crippen molar-refractivity contribution in [2.75, 3.05) is 13.1 Å². The summed E-state index contributed by atoms with van der Waals surface area (Å²) in [6.07, 6.45) is 1.90. The molecule has 2 aromatic carbocycles. The van der Waals surface area contributed by atoms with E-state index in [-0.39, 0.29) is 17.9 Å². The molecule has 1 saturated heterocycles. The molecule has 1 aliphatic heterocycles. The molecule has 0 spiro atoms. The highest BCUT2D eigenvalue weighted by atomic mass is 32.2. The van der Waals surface area contributed by atoms with Crippen molar-refractivity contribution < 1.29 is 13.2 Å². The summed E-state index contributed by atoms with van der Waals surface area (Å²) in [5, 5.41) is 3.17. The van der Waals surface area contributed by atoms with E-state index in [1.54, 1.807) is 12.1 Å². The first-order valence-corrected chi connectivity index (χ1v) is 12.6. The van der Waals surface area contributed by atoms with Crippen LogP contribution in [0.25, 0.3) is 0 Å². The third-order valence-electron chi connectivity index (χ3n) is 6.21. The van der Waals surface area contributed by atoms with Gasteiger partial charge in [-0.05, 0) is 55.4 Å². The average molecular weight is 443 g/mol. The van der Waals surface area contributed by atoms with Gasteiger partial charge in [-0.3, -0.25) is 4.79 Å². The van der Waals surface area contributed by atoms with E-state index in [2.05, 4.69) is 50.4 Å². The van der Waals surface area contributed by atoms with Crippen LogP contribution in [0, 0.1) is 12.8 Å². The van der Waals surface area contributed by atoms with E-state index in [0.717, 1.165) is 17.5 Å². The summed E-state index contributed by atoms with van der Waals surface area (Å²) >= 11 is 0. The van der Waals surface area contributed by atoms with Crippen molar-refractivity contribution in [3.8, 4) is 0 Å². The van der Waals surface area contributed by atoms with E-state index >= 15 is 0 Å². The molecule has 0 aromatic heterocycles. The minimum Gasteiger partial charge on any atom is -0.349 e. The smallest absolute Gasteiger partial charge is 0.243 e. The van der Waals surface area contributed by atoms with Gasteiger partial charge in [0.1, 0.15) is 0 Å². The van der Waals surface area contributed by atoms with Gasteiger partial charge in [0.2, 0.25) is 15.9 Å². The highest BCUT2D eigenvalue weighted by molar-refractivity contribution is 7.89. The Kier molecular flexibility index (Phi) is 7.55. The highest BCUT2D eigenvalue weighted by Crippen LogP contribution is 2.26. The fraction of sp³-hybridized carbons (Fsp3) is 0.480. The second kappa shape index (κ2) is 9.96. The lowest BCUT2D eigenvalue weighted by molar-refractivity contribution is -0.126. The number of benzene rings is 2. The van der Waals surface area contributed by atoms with Gasteiger partial charge in [0, 0.05) is 19.0 Å². The number of sulfonamides is 1. The van der Waals surface area contributed by atoms with Crippen LogP contribution < -0.4 is 5.32 Å². The summed E-state index contributed by atoms with van der Waals surface area (Å²) in [7, 11) is -3.53. The van der Waals surface area contributed by atoms with E-state index in [0.29, 0.717) is 36.7 Å². The van der Waals surface area contributed by atoms with Crippen LogP contribution in [0.15, 0.2) is 53.4 Å². The van der Waals surface area contributed by atoms with E-state index in [1.807, 2.05) is 19.1 Å². The topological polar surface area (TPSA) is 66.5 Å². The average Bonchev–Trinajstić information content (AvgIpc) is 2.78. The van der Waals surface area contributed by atoms with E-state index in [1.165, 1.54) is 9.87 Å². The second-order valence-corrected chi connectivity index (χ2v) is 10.7. The van der Waals surface area contributed by atoms with Gasteiger partial charge in [0.05, 0.1) is 10.9 Å². The molecule has 1 N–H and O–H groups in total. The van der Waals surface area contributed by atoms with Crippen molar-refractivity contribution in [2.24, 2.45) is 5.92 Å². The molecule has 1 heterocycles. The van der Waals surface area contributed by atoms with Crippen LogP contribution in [0.1, 0.15) is 68.7 Å². The molecule has 31 heavy (non-hydrogen) atoms. The van der Waals surface area contributed by atoms with Crippen molar-refractivity contribution >= 4 is 15.9 Å². The van der Waals surface area contributed by atoms with Gasteiger partial charge in [-0.2, -0.15) is 4.31 Å². The standard InChI is InChI=1S/C25H34N2O3S/c1-5-24(21-8-6-19(4)7-9-21)26-25(28)22-14-16-27(17-15-22)31(29,30)23-12-10-20(11-13-23)18(2)3/h6-13,18,22,24H,5,14-17H2,1-4H3,(H,26,28). The summed E-state index contributed by atoms with van der Waals surface area (Å²) in [4.78, 5) is 13.2. The number of piperidine rings is 1. The van der Waals surface area contributed by atoms with Crippen molar-refractivity contribution in [1.82, 2.24) is 9.62 Å². The Balaban J connectivity index is 1.60. The molecular weight excluding hydrogens is 408 g/mol. The number of hydrogen-bond donors (Lipinski definition) is 1. The van der Waals surface area contributed by atoms with Gasteiger partial charge in [0.25, 0.3) is 0 Å². The molecule has 0 bridgehead atoms. The van der Waals surface area contributed by atoms with Crippen LogP contribution >= 0.6 is 0 Å². The highest BCUT2D eigenvalue weighted by Gasteiger charge is 2.32. The first kappa shape index (κ1) is 23.5. The van der Waals surface area contributed by atoms with Crippen LogP contribution in [0.5, 0.6) is 0 Å². The van der Waals surface area contributed by atoms with Crippen molar-refractivity contribution in [1.29, 1.82) is 0 Å². The molecule has 5 nitrogen and oxygen atoms in total. The lowest BCUT2D eigenvalue weighted by atomic mass is 9.95. The number of rotatable bonds is 7. The zero-order valence-corrected chi connectivity index (χ0v) is 19.8. The SMILES string of the molecule is CCC(NC(=O)C1CCN(S(=O)(=O)c2ccc(C(C)C)cc2)CC1)c1ccc(C)cc1. The molecule has 0 saturated carbocycles. The zero-order valence-electron chi connectivity index (χ0n) is 19.0. The molecule has 0 radical (unpaired) electrons. The van der Waals surface area contributed by atoms with Crippen LogP contribution in [0.4, 0.5) is 0 Å². The molecule has 1 aliphatic rings. The van der Waals surface area contributed by atoms with Crippen LogP contribution in [-0.4, -0.2) is 31.7 Å². The number of aryl methyl sites for hydroxylation is 1. The molecule has 1 amide bonds. The fourth-order valence-electron chi connectivity index (χ4n) is 4.04. The van der Waals surface area contributed by atoms with Gasteiger partial charge < -0.3 is 5.32 Å². The number of carbonyl (C=O) groups is 1. The number of hydrogen-bond acceptors (Lipinski definition) is 3. The lowest BCUT2D eigenvalue weighted by Crippen LogP contribution is -2.43. The normalized spacial score (nSPS) is 16.9. The number of nitrogens with zero attached hydrogens (tertiary/aromatic N) is 1. The summed E-state index contributed by atoms with van der Waals surface area (Å²) in [5.41, 5.74) is 3.41. The molecule has 6 heteroatoms. The maximum Gasteiger partial charge on any atom is 0.243 e. The number of nitrogens with one attached hydrogen (secondary N) is 1. The van der Waals surface area contributed by atoms with Crippen LogP contribution in [-0.2, 0) is 14.8 Å². The summed E-state index contributed by atoms with van der Waals surface area (Å²) in [6, 6.07) is 15.4. The first-order chi connectivity index (χ1) is 14.7. The zero-order chi connectivity index (χ0) is 22.6. The molecule has 1 unspecified atom stereocenters. The summed E-state index contributed by atoms with van der Waals surface area (Å²) in [6.45, 7) is 9.01.